The molecule has 1 N–H and O–H groups in total. The average Bonchev–Trinajstić information content (AvgIpc) is 3.23. The van der Waals surface area contributed by atoms with E-state index in [2.05, 4.69) is 5.32 Å². The molecule has 0 saturated carbocycles. The van der Waals surface area contributed by atoms with Gasteiger partial charge < -0.3 is 24.4 Å². The number of likely N-dealkylation sites (tertiary alicyclic amines) is 1. The Morgan fingerprint density at radius 1 is 1.00 bits per heavy atom. The summed E-state index contributed by atoms with van der Waals surface area (Å²) in [5, 5.41) is 2.78. The first-order valence-electron chi connectivity index (χ1n) is 10.5. The van der Waals surface area contributed by atoms with Crippen LogP contribution in [0, 0.1) is 17.7 Å². The SMILES string of the molecule is O=C1C[C@@H]2CCN(C(=O)c3ccc4c(c3)OCO4)C[C@@H]2CCOc2ccc(F)cc2N1. The Kier molecular flexibility index (Phi) is 5.13. The van der Waals surface area contributed by atoms with E-state index < -0.39 is 5.82 Å². The number of fused-ring (bicyclic) bond motifs is 3. The maximum Gasteiger partial charge on any atom is 0.254 e. The van der Waals surface area contributed by atoms with Gasteiger partial charge in [0.1, 0.15) is 11.6 Å². The van der Waals surface area contributed by atoms with Crippen LogP contribution in [0.3, 0.4) is 0 Å². The minimum atomic E-state index is -0.423. The second-order valence-corrected chi connectivity index (χ2v) is 8.16. The Balaban J connectivity index is 1.30. The molecule has 1 fully saturated rings. The fourth-order valence-electron chi connectivity index (χ4n) is 4.56. The Labute approximate surface area is 179 Å². The van der Waals surface area contributed by atoms with Gasteiger partial charge in [0.25, 0.3) is 5.91 Å². The van der Waals surface area contributed by atoms with E-state index in [0.29, 0.717) is 61.0 Å². The topological polar surface area (TPSA) is 77.1 Å². The van der Waals surface area contributed by atoms with E-state index in [0.717, 1.165) is 6.42 Å². The third-order valence-corrected chi connectivity index (χ3v) is 6.21. The van der Waals surface area contributed by atoms with Crippen LogP contribution in [0.1, 0.15) is 29.6 Å². The van der Waals surface area contributed by atoms with Crippen LogP contribution in [0.5, 0.6) is 17.2 Å². The van der Waals surface area contributed by atoms with Crippen molar-refractivity contribution >= 4 is 17.5 Å². The molecule has 2 amide bonds. The summed E-state index contributed by atoms with van der Waals surface area (Å²) >= 11 is 0. The molecule has 3 heterocycles. The number of carbonyl (C=O) groups excluding carboxylic acids is 2. The molecule has 2 aromatic rings. The zero-order valence-electron chi connectivity index (χ0n) is 16.9. The van der Waals surface area contributed by atoms with Crippen molar-refractivity contribution in [3.8, 4) is 17.2 Å². The Morgan fingerprint density at radius 2 is 1.84 bits per heavy atom. The maximum atomic E-state index is 13.6. The Hall–Kier alpha value is -3.29. The van der Waals surface area contributed by atoms with Crippen LogP contribution >= 0.6 is 0 Å². The van der Waals surface area contributed by atoms with Crippen molar-refractivity contribution in [2.75, 3.05) is 31.8 Å². The standard InChI is InChI=1S/C23H23FN2O5/c24-17-2-4-19-18(11-17)25-22(27)10-14-5-7-26(12-16(14)6-8-29-19)23(28)15-1-3-20-21(9-15)31-13-30-20/h1-4,9,11,14,16H,5-8,10,12-13H2,(H,25,27)/t14-,16-/m0/s1. The van der Waals surface area contributed by atoms with Crippen molar-refractivity contribution in [2.24, 2.45) is 11.8 Å². The number of benzene rings is 2. The Bertz CT molecular complexity index is 1030. The van der Waals surface area contributed by atoms with Crippen molar-refractivity contribution in [2.45, 2.75) is 19.3 Å². The summed E-state index contributed by atoms with van der Waals surface area (Å²) in [5.41, 5.74) is 0.923. The van der Waals surface area contributed by atoms with E-state index in [9.17, 15) is 14.0 Å². The number of anilines is 1. The molecule has 0 aromatic heterocycles. The molecular weight excluding hydrogens is 403 g/mol. The van der Waals surface area contributed by atoms with Gasteiger partial charge in [-0.25, -0.2) is 4.39 Å². The summed E-state index contributed by atoms with van der Waals surface area (Å²) in [7, 11) is 0. The fourth-order valence-corrected chi connectivity index (χ4v) is 4.56. The molecule has 0 unspecified atom stereocenters. The lowest BCUT2D eigenvalue weighted by Crippen LogP contribution is -2.45. The minimum Gasteiger partial charge on any atom is -0.491 e. The third-order valence-electron chi connectivity index (χ3n) is 6.21. The van der Waals surface area contributed by atoms with E-state index in [1.807, 2.05) is 4.90 Å². The quantitative estimate of drug-likeness (QED) is 0.756. The van der Waals surface area contributed by atoms with Gasteiger partial charge in [0, 0.05) is 31.1 Å². The summed E-state index contributed by atoms with van der Waals surface area (Å²) in [5.74, 6) is 1.32. The molecule has 3 aliphatic heterocycles. The molecule has 0 spiro atoms. The van der Waals surface area contributed by atoms with E-state index in [1.54, 1.807) is 18.2 Å². The highest BCUT2D eigenvalue weighted by Crippen LogP contribution is 2.35. The number of ether oxygens (including phenoxy) is 3. The number of nitrogens with zero attached hydrogens (tertiary/aromatic N) is 1. The van der Waals surface area contributed by atoms with Gasteiger partial charge in [0.05, 0.1) is 12.3 Å². The van der Waals surface area contributed by atoms with Gasteiger partial charge in [0.2, 0.25) is 12.7 Å². The molecule has 0 aliphatic carbocycles. The normalized spacial score (nSPS) is 22.6. The molecule has 0 bridgehead atoms. The van der Waals surface area contributed by atoms with Gasteiger partial charge in [0.15, 0.2) is 11.5 Å². The highest BCUT2D eigenvalue weighted by Gasteiger charge is 2.34. The average molecular weight is 426 g/mol. The first kappa shape index (κ1) is 19.7. The molecule has 8 heteroatoms. The molecule has 0 radical (unpaired) electrons. The minimum absolute atomic E-state index is 0.0555. The lowest BCUT2D eigenvalue weighted by Gasteiger charge is -2.39. The van der Waals surface area contributed by atoms with Crippen molar-refractivity contribution in [3.63, 3.8) is 0 Å². The van der Waals surface area contributed by atoms with Crippen LogP contribution in [0.2, 0.25) is 0 Å². The first-order valence-corrected chi connectivity index (χ1v) is 10.5. The number of hydrogen-bond acceptors (Lipinski definition) is 5. The predicted octanol–water partition coefficient (Wildman–Crippen LogP) is 3.44. The van der Waals surface area contributed by atoms with Crippen molar-refractivity contribution in [3.05, 3.63) is 47.8 Å². The smallest absolute Gasteiger partial charge is 0.254 e. The predicted molar refractivity (Wildman–Crippen MR) is 110 cm³/mol. The van der Waals surface area contributed by atoms with Gasteiger partial charge in [-0.1, -0.05) is 0 Å². The third kappa shape index (κ3) is 4.02. The molecule has 3 aliphatic rings. The lowest BCUT2D eigenvalue weighted by atomic mass is 9.80. The van der Waals surface area contributed by atoms with Crippen LogP contribution < -0.4 is 19.5 Å². The molecule has 1 saturated heterocycles. The van der Waals surface area contributed by atoms with Crippen LogP contribution in [-0.2, 0) is 4.79 Å². The second-order valence-electron chi connectivity index (χ2n) is 8.16. The summed E-state index contributed by atoms with van der Waals surface area (Å²) in [6, 6.07) is 9.34. The lowest BCUT2D eigenvalue weighted by molar-refractivity contribution is -0.118. The van der Waals surface area contributed by atoms with Crippen molar-refractivity contribution in [1.82, 2.24) is 4.90 Å². The summed E-state index contributed by atoms with van der Waals surface area (Å²) < 4.78 is 30.1. The highest BCUT2D eigenvalue weighted by molar-refractivity contribution is 5.95. The number of carbonyl (C=O) groups is 2. The van der Waals surface area contributed by atoms with Gasteiger partial charge in [-0.15, -0.1) is 0 Å². The van der Waals surface area contributed by atoms with E-state index in [4.69, 9.17) is 14.2 Å². The van der Waals surface area contributed by atoms with Crippen molar-refractivity contribution in [1.29, 1.82) is 0 Å². The van der Waals surface area contributed by atoms with E-state index in [1.165, 1.54) is 18.2 Å². The number of rotatable bonds is 1. The molecule has 5 rings (SSSR count). The number of amides is 2. The molecule has 2 aromatic carbocycles. The molecular formula is C23H23FN2O5. The molecule has 2 atom stereocenters. The van der Waals surface area contributed by atoms with E-state index in [-0.39, 0.29) is 30.4 Å². The monoisotopic (exact) mass is 426 g/mol. The zero-order chi connectivity index (χ0) is 21.4. The van der Waals surface area contributed by atoms with Gasteiger partial charge in [-0.3, -0.25) is 9.59 Å². The number of piperidine rings is 1. The maximum absolute atomic E-state index is 13.6. The molecule has 31 heavy (non-hydrogen) atoms. The van der Waals surface area contributed by atoms with Crippen LogP contribution in [-0.4, -0.2) is 43.2 Å². The summed E-state index contributed by atoms with van der Waals surface area (Å²) in [6.07, 6.45) is 1.77. The Morgan fingerprint density at radius 3 is 2.74 bits per heavy atom. The second kappa shape index (κ2) is 8.09. The van der Waals surface area contributed by atoms with Crippen molar-refractivity contribution < 1.29 is 28.2 Å². The number of nitrogens with one attached hydrogen (secondary N) is 1. The number of hydrogen-bond donors (Lipinski definition) is 1. The zero-order valence-corrected chi connectivity index (χ0v) is 16.9. The van der Waals surface area contributed by atoms with Crippen LogP contribution in [0.15, 0.2) is 36.4 Å². The first-order chi connectivity index (χ1) is 15.1. The van der Waals surface area contributed by atoms with Gasteiger partial charge in [-0.05, 0) is 55.0 Å². The summed E-state index contributed by atoms with van der Waals surface area (Å²) in [6.45, 7) is 1.73. The summed E-state index contributed by atoms with van der Waals surface area (Å²) in [4.78, 5) is 27.5. The largest absolute Gasteiger partial charge is 0.491 e. The van der Waals surface area contributed by atoms with Gasteiger partial charge in [-0.2, -0.15) is 0 Å². The molecule has 162 valence electrons. The highest BCUT2D eigenvalue weighted by atomic mass is 19.1. The van der Waals surface area contributed by atoms with E-state index >= 15 is 0 Å². The molecule has 7 nitrogen and oxygen atoms in total. The fraction of sp³-hybridized carbons (Fsp3) is 0.391. The van der Waals surface area contributed by atoms with Crippen LogP contribution in [0.4, 0.5) is 10.1 Å². The van der Waals surface area contributed by atoms with Gasteiger partial charge >= 0.3 is 0 Å². The van der Waals surface area contributed by atoms with Crippen LogP contribution in [0.25, 0.3) is 0 Å². The number of halogens is 1.